The third-order valence-electron chi connectivity index (χ3n) is 3.22. The molecule has 2 aromatic rings. The van der Waals surface area contributed by atoms with Gasteiger partial charge in [0, 0.05) is 4.88 Å². The van der Waals surface area contributed by atoms with Crippen LogP contribution in [0.25, 0.3) is 6.08 Å². The second-order valence-corrected chi connectivity index (χ2v) is 7.45. The molecule has 21 heavy (non-hydrogen) atoms. The highest BCUT2D eigenvalue weighted by molar-refractivity contribution is 8.27. The number of anilines is 1. The zero-order valence-electron chi connectivity index (χ0n) is 11.6. The van der Waals surface area contributed by atoms with Gasteiger partial charge in [0.15, 0.2) is 4.32 Å². The van der Waals surface area contributed by atoms with Gasteiger partial charge in [-0.1, -0.05) is 36.1 Å². The molecule has 2 nitrogen and oxygen atoms in total. The molecule has 1 aliphatic heterocycles. The number of rotatable bonds is 2. The molecule has 0 unspecified atom stereocenters. The third kappa shape index (κ3) is 2.81. The maximum absolute atomic E-state index is 12.6. The van der Waals surface area contributed by atoms with Gasteiger partial charge in [-0.15, -0.1) is 11.3 Å². The van der Waals surface area contributed by atoms with E-state index in [0.717, 1.165) is 16.1 Å². The molecule has 0 spiro atoms. The molecule has 2 heterocycles. The summed E-state index contributed by atoms with van der Waals surface area (Å²) < 4.78 is 0.589. The Bertz CT molecular complexity index is 760. The number of hydrogen-bond donors (Lipinski definition) is 0. The molecule has 1 aromatic carbocycles. The van der Waals surface area contributed by atoms with E-state index >= 15 is 0 Å². The predicted molar refractivity (Wildman–Crippen MR) is 95.9 cm³/mol. The molecule has 1 amide bonds. The number of amides is 1. The standard InChI is InChI=1S/C16H13NOS3/c1-10-4-3-5-12(8-10)17-15(18)14(21-16(17)19)9-13-11(2)6-7-20-13/h3-9H,1-2H3/b14-9+. The van der Waals surface area contributed by atoms with Crippen molar-refractivity contribution in [3.63, 3.8) is 0 Å². The van der Waals surface area contributed by atoms with Crippen LogP contribution in [0.5, 0.6) is 0 Å². The lowest BCUT2D eigenvalue weighted by atomic mass is 10.2. The fourth-order valence-corrected chi connectivity index (χ4v) is 4.32. The number of benzene rings is 1. The van der Waals surface area contributed by atoms with E-state index in [1.54, 1.807) is 16.2 Å². The zero-order valence-corrected chi connectivity index (χ0v) is 14.1. The average Bonchev–Trinajstić information content (AvgIpc) is 2.95. The lowest BCUT2D eigenvalue weighted by molar-refractivity contribution is -0.113. The van der Waals surface area contributed by atoms with E-state index in [-0.39, 0.29) is 5.91 Å². The van der Waals surface area contributed by atoms with Crippen molar-refractivity contribution in [2.24, 2.45) is 0 Å². The zero-order chi connectivity index (χ0) is 15.0. The van der Waals surface area contributed by atoms with E-state index in [1.165, 1.54) is 17.3 Å². The summed E-state index contributed by atoms with van der Waals surface area (Å²) in [5, 5.41) is 2.03. The number of nitrogens with zero attached hydrogens (tertiary/aromatic N) is 1. The number of thioether (sulfide) groups is 1. The van der Waals surface area contributed by atoms with Crippen LogP contribution < -0.4 is 4.90 Å². The molecule has 1 saturated heterocycles. The largest absolute Gasteiger partial charge is 0.270 e. The van der Waals surface area contributed by atoms with Crippen LogP contribution in [-0.2, 0) is 4.79 Å². The van der Waals surface area contributed by atoms with Crippen LogP contribution in [0, 0.1) is 13.8 Å². The quantitative estimate of drug-likeness (QED) is 0.584. The molecule has 1 aliphatic rings. The molecule has 3 rings (SSSR count). The fraction of sp³-hybridized carbons (Fsp3) is 0.125. The second-order valence-electron chi connectivity index (χ2n) is 4.82. The van der Waals surface area contributed by atoms with Gasteiger partial charge in [0.1, 0.15) is 0 Å². The van der Waals surface area contributed by atoms with Gasteiger partial charge in [-0.05, 0) is 54.6 Å². The van der Waals surface area contributed by atoms with Crippen molar-refractivity contribution < 1.29 is 4.79 Å². The summed E-state index contributed by atoms with van der Waals surface area (Å²) in [6, 6.07) is 9.89. The van der Waals surface area contributed by atoms with Gasteiger partial charge in [0.05, 0.1) is 10.6 Å². The smallest absolute Gasteiger partial charge is 0.268 e. The summed E-state index contributed by atoms with van der Waals surface area (Å²) in [4.78, 5) is 16.0. The Hall–Kier alpha value is -1.43. The topological polar surface area (TPSA) is 20.3 Å². The van der Waals surface area contributed by atoms with E-state index in [1.807, 2.05) is 49.6 Å². The summed E-state index contributed by atoms with van der Waals surface area (Å²) in [6.45, 7) is 4.05. The summed E-state index contributed by atoms with van der Waals surface area (Å²) in [7, 11) is 0. The van der Waals surface area contributed by atoms with Crippen LogP contribution in [0.3, 0.4) is 0 Å². The minimum Gasteiger partial charge on any atom is -0.268 e. The predicted octanol–water partition coefficient (Wildman–Crippen LogP) is 4.77. The average molecular weight is 331 g/mol. The Morgan fingerprint density at radius 1 is 1.24 bits per heavy atom. The maximum atomic E-state index is 12.6. The minimum atomic E-state index is -0.0385. The van der Waals surface area contributed by atoms with Crippen LogP contribution >= 0.6 is 35.3 Å². The van der Waals surface area contributed by atoms with Gasteiger partial charge in [-0.2, -0.15) is 0 Å². The van der Waals surface area contributed by atoms with Gasteiger partial charge in [0.25, 0.3) is 5.91 Å². The molecule has 1 fully saturated rings. The highest BCUT2D eigenvalue weighted by Gasteiger charge is 2.33. The molecule has 0 aliphatic carbocycles. The molecule has 0 bridgehead atoms. The monoisotopic (exact) mass is 331 g/mol. The highest BCUT2D eigenvalue weighted by Crippen LogP contribution is 2.37. The number of thiocarbonyl (C=S) groups is 1. The molecule has 0 saturated carbocycles. The SMILES string of the molecule is Cc1cccc(N2C(=O)/C(=C\c3sccc3C)SC2=S)c1. The second kappa shape index (κ2) is 5.75. The first kappa shape index (κ1) is 14.5. The van der Waals surface area contributed by atoms with E-state index in [4.69, 9.17) is 12.2 Å². The Balaban J connectivity index is 1.96. The number of carbonyl (C=O) groups is 1. The van der Waals surface area contributed by atoms with Gasteiger partial charge in [-0.25, -0.2) is 0 Å². The van der Waals surface area contributed by atoms with Gasteiger partial charge in [0.2, 0.25) is 0 Å². The van der Waals surface area contributed by atoms with Gasteiger partial charge in [-0.3, -0.25) is 9.69 Å². The van der Waals surface area contributed by atoms with Crippen molar-refractivity contribution in [1.82, 2.24) is 0 Å². The van der Waals surface area contributed by atoms with Crippen molar-refractivity contribution in [2.45, 2.75) is 13.8 Å². The maximum Gasteiger partial charge on any atom is 0.270 e. The Labute approximate surface area is 137 Å². The normalized spacial score (nSPS) is 17.0. The molecule has 0 atom stereocenters. The Morgan fingerprint density at radius 3 is 2.71 bits per heavy atom. The van der Waals surface area contributed by atoms with E-state index in [2.05, 4.69) is 6.07 Å². The van der Waals surface area contributed by atoms with Gasteiger partial charge >= 0.3 is 0 Å². The molecule has 5 heteroatoms. The first-order chi connectivity index (χ1) is 10.1. The number of carbonyl (C=O) groups excluding carboxylic acids is 1. The van der Waals surface area contributed by atoms with Crippen molar-refractivity contribution in [3.05, 3.63) is 56.6 Å². The third-order valence-corrected chi connectivity index (χ3v) is 5.49. The molecule has 0 radical (unpaired) electrons. The van der Waals surface area contributed by atoms with Crippen molar-refractivity contribution in [2.75, 3.05) is 4.90 Å². The van der Waals surface area contributed by atoms with Crippen LogP contribution in [0.2, 0.25) is 0 Å². The van der Waals surface area contributed by atoms with Gasteiger partial charge < -0.3 is 0 Å². The van der Waals surface area contributed by atoms with Crippen LogP contribution in [0.15, 0.2) is 40.6 Å². The van der Waals surface area contributed by atoms with Crippen molar-refractivity contribution in [1.29, 1.82) is 0 Å². The first-order valence-corrected chi connectivity index (χ1v) is 8.55. The number of aryl methyl sites for hydroxylation is 2. The minimum absolute atomic E-state index is 0.0385. The van der Waals surface area contributed by atoms with Crippen LogP contribution in [-0.4, -0.2) is 10.2 Å². The van der Waals surface area contributed by atoms with E-state index in [0.29, 0.717) is 9.23 Å². The lowest BCUT2D eigenvalue weighted by Gasteiger charge is -2.14. The summed E-state index contributed by atoms with van der Waals surface area (Å²) in [5.41, 5.74) is 3.13. The number of hydrogen-bond acceptors (Lipinski definition) is 4. The molecule has 1 aromatic heterocycles. The summed E-state index contributed by atoms with van der Waals surface area (Å²) >= 11 is 8.38. The van der Waals surface area contributed by atoms with Crippen LogP contribution in [0.4, 0.5) is 5.69 Å². The van der Waals surface area contributed by atoms with E-state index in [9.17, 15) is 4.79 Å². The molecular weight excluding hydrogens is 318 g/mol. The van der Waals surface area contributed by atoms with Crippen molar-refractivity contribution in [3.8, 4) is 0 Å². The van der Waals surface area contributed by atoms with E-state index < -0.39 is 0 Å². The lowest BCUT2D eigenvalue weighted by Crippen LogP contribution is -2.27. The van der Waals surface area contributed by atoms with Crippen molar-refractivity contribution >= 4 is 57.3 Å². The summed E-state index contributed by atoms with van der Waals surface area (Å²) in [5.74, 6) is -0.0385. The Kier molecular flexibility index (Phi) is 3.97. The molecule has 0 N–H and O–H groups in total. The van der Waals surface area contributed by atoms with Crippen LogP contribution in [0.1, 0.15) is 16.0 Å². The summed E-state index contributed by atoms with van der Waals surface area (Å²) in [6.07, 6.45) is 1.94. The Morgan fingerprint density at radius 2 is 2.05 bits per heavy atom. The fourth-order valence-electron chi connectivity index (χ4n) is 2.11. The molecule has 106 valence electrons. The first-order valence-electron chi connectivity index (χ1n) is 6.45. The molecular formula is C16H13NOS3. The highest BCUT2D eigenvalue weighted by atomic mass is 32.2. The number of thiophene rings is 1.